The first kappa shape index (κ1) is 28.8. The van der Waals surface area contributed by atoms with Gasteiger partial charge in [0.2, 0.25) is 0 Å². The summed E-state index contributed by atoms with van der Waals surface area (Å²) >= 11 is 0. The molecule has 132 valence electrons. The van der Waals surface area contributed by atoms with E-state index in [1.165, 1.54) is 12.8 Å². The average Bonchev–Trinajstić information content (AvgIpc) is 2.71. The van der Waals surface area contributed by atoms with Gasteiger partial charge in [0.25, 0.3) is 0 Å². The number of hydrogen-bond acceptors (Lipinski definition) is 0. The van der Waals surface area contributed by atoms with Gasteiger partial charge >= 0.3 is 0 Å². The molecule has 0 heterocycles. The van der Waals surface area contributed by atoms with Crippen molar-refractivity contribution in [2.24, 2.45) is 29.1 Å². The van der Waals surface area contributed by atoms with Gasteiger partial charge in [-0.3, -0.25) is 0 Å². The van der Waals surface area contributed by atoms with Gasteiger partial charge in [0.1, 0.15) is 0 Å². The van der Waals surface area contributed by atoms with Crippen molar-refractivity contribution >= 4 is 0 Å². The predicted molar refractivity (Wildman–Crippen MR) is 105 cm³/mol. The van der Waals surface area contributed by atoms with Crippen molar-refractivity contribution in [3.8, 4) is 0 Å². The fraction of sp³-hybridized carbons (Fsp3) is 0.905. The summed E-state index contributed by atoms with van der Waals surface area (Å²) in [6, 6.07) is 0. The third-order valence-corrected chi connectivity index (χ3v) is 3.67. The minimum absolute atomic E-state index is 0.500. The molecule has 0 spiro atoms. The minimum atomic E-state index is 0.500. The zero-order chi connectivity index (χ0) is 18.2. The fourth-order valence-corrected chi connectivity index (χ4v) is 2.39. The van der Waals surface area contributed by atoms with Gasteiger partial charge in [-0.15, -0.1) is 13.2 Å². The van der Waals surface area contributed by atoms with Crippen molar-refractivity contribution in [3.63, 3.8) is 0 Å². The van der Waals surface area contributed by atoms with Crippen molar-refractivity contribution in [2.75, 3.05) is 0 Å². The summed E-state index contributed by atoms with van der Waals surface area (Å²) in [6.07, 6.45) is 2.86. The highest BCUT2D eigenvalue weighted by atomic mass is 14.4. The Labute approximate surface area is 138 Å². The highest BCUT2D eigenvalue weighted by Gasteiger charge is 2.33. The van der Waals surface area contributed by atoms with E-state index in [0.29, 0.717) is 5.41 Å². The second-order valence-electron chi connectivity index (χ2n) is 7.10. The normalized spacial score (nSPS) is 26.5. The Morgan fingerprint density at radius 3 is 1.19 bits per heavy atom. The molecule has 0 aliphatic heterocycles. The quantitative estimate of drug-likeness (QED) is 0.428. The van der Waals surface area contributed by atoms with Crippen LogP contribution < -0.4 is 0 Å². The van der Waals surface area contributed by atoms with Gasteiger partial charge in [0.05, 0.1) is 0 Å². The summed E-state index contributed by atoms with van der Waals surface area (Å²) in [6.45, 7) is 32.3. The highest BCUT2D eigenvalue weighted by molar-refractivity contribution is 4.83. The van der Waals surface area contributed by atoms with Gasteiger partial charge in [-0.2, -0.15) is 0 Å². The van der Waals surface area contributed by atoms with Crippen LogP contribution >= 0.6 is 0 Å². The zero-order valence-corrected chi connectivity index (χ0v) is 17.6. The van der Waals surface area contributed by atoms with Crippen molar-refractivity contribution in [2.45, 2.75) is 95.9 Å². The molecule has 1 fully saturated rings. The predicted octanol–water partition coefficient (Wildman–Crippen LogP) is 8.23. The van der Waals surface area contributed by atoms with Crippen LogP contribution in [-0.2, 0) is 0 Å². The maximum absolute atomic E-state index is 3.00. The lowest BCUT2D eigenvalue weighted by molar-refractivity contribution is 0.334. The minimum Gasteiger partial charge on any atom is -0.106 e. The van der Waals surface area contributed by atoms with Gasteiger partial charge in [0.15, 0.2) is 0 Å². The Morgan fingerprint density at radius 2 is 1.10 bits per heavy atom. The number of hydrogen-bond donors (Lipinski definition) is 0. The first-order valence-electron chi connectivity index (χ1n) is 9.16. The van der Waals surface area contributed by atoms with Crippen molar-refractivity contribution in [1.29, 1.82) is 0 Å². The fourth-order valence-electron chi connectivity index (χ4n) is 2.39. The van der Waals surface area contributed by atoms with Crippen LogP contribution in [0.1, 0.15) is 95.9 Å². The first-order valence-corrected chi connectivity index (χ1v) is 9.16. The van der Waals surface area contributed by atoms with E-state index in [-0.39, 0.29) is 0 Å². The Hall–Kier alpha value is -0.260. The van der Waals surface area contributed by atoms with E-state index >= 15 is 0 Å². The van der Waals surface area contributed by atoms with E-state index in [1.807, 2.05) is 27.7 Å². The zero-order valence-electron chi connectivity index (χ0n) is 17.6. The molecule has 4 unspecified atom stereocenters. The van der Waals surface area contributed by atoms with Crippen LogP contribution in [-0.4, -0.2) is 0 Å². The summed E-state index contributed by atoms with van der Waals surface area (Å²) in [7, 11) is 0. The molecule has 0 radical (unpaired) electrons. The van der Waals surface area contributed by atoms with Crippen LogP contribution in [0.2, 0.25) is 0 Å². The third-order valence-electron chi connectivity index (χ3n) is 3.67. The Balaban J connectivity index is -0.000000112. The maximum Gasteiger partial charge on any atom is -0.0386 e. The smallest absolute Gasteiger partial charge is 0.0386 e. The second kappa shape index (κ2) is 17.8. The maximum atomic E-state index is 3.00. The Bertz CT molecular complexity index is 169. The SMILES string of the molecule is C=C.CC.CC.CC(C)(C)C.CCC1CC(C)C(C)C1C. The molecule has 0 heteroatoms. The van der Waals surface area contributed by atoms with E-state index in [1.54, 1.807) is 0 Å². The summed E-state index contributed by atoms with van der Waals surface area (Å²) in [5.74, 6) is 3.93. The van der Waals surface area contributed by atoms with Crippen LogP contribution in [0.3, 0.4) is 0 Å². The molecule has 0 N–H and O–H groups in total. The molecule has 1 aliphatic rings. The molecule has 0 bridgehead atoms. The summed E-state index contributed by atoms with van der Waals surface area (Å²) in [4.78, 5) is 0. The van der Waals surface area contributed by atoms with Gasteiger partial charge in [-0.25, -0.2) is 0 Å². The average molecular weight is 301 g/mol. The van der Waals surface area contributed by atoms with Crippen LogP contribution in [0.15, 0.2) is 13.2 Å². The standard InChI is InChI=1S/C10H20.C5H12.2C2H6.C2H4/c1-5-10-6-7(2)8(3)9(10)4;1-5(2,3)4;3*1-2/h7-10H,5-6H2,1-4H3;1-4H3;2*1-2H3;1-2H2. The topological polar surface area (TPSA) is 0 Å². The molecule has 1 saturated carbocycles. The van der Waals surface area contributed by atoms with E-state index < -0.39 is 0 Å². The van der Waals surface area contributed by atoms with E-state index in [9.17, 15) is 0 Å². The van der Waals surface area contributed by atoms with E-state index in [0.717, 1.165) is 23.7 Å². The summed E-state index contributed by atoms with van der Waals surface area (Å²) in [5, 5.41) is 0. The van der Waals surface area contributed by atoms with Gasteiger partial charge in [0, 0.05) is 0 Å². The van der Waals surface area contributed by atoms with E-state index in [2.05, 4.69) is 68.5 Å². The Morgan fingerprint density at radius 1 is 0.810 bits per heavy atom. The largest absolute Gasteiger partial charge is 0.106 e. The van der Waals surface area contributed by atoms with E-state index in [4.69, 9.17) is 0 Å². The highest BCUT2D eigenvalue weighted by Crippen LogP contribution is 2.42. The number of rotatable bonds is 1. The van der Waals surface area contributed by atoms with Crippen molar-refractivity contribution in [3.05, 3.63) is 13.2 Å². The van der Waals surface area contributed by atoms with Crippen molar-refractivity contribution < 1.29 is 0 Å². The molecular formula is C21H48. The molecule has 1 aliphatic carbocycles. The molecule has 0 aromatic heterocycles. The molecule has 0 saturated heterocycles. The van der Waals surface area contributed by atoms with Crippen LogP contribution in [0.25, 0.3) is 0 Å². The molecule has 4 atom stereocenters. The molecular weight excluding hydrogens is 252 g/mol. The molecule has 21 heavy (non-hydrogen) atoms. The monoisotopic (exact) mass is 300 g/mol. The van der Waals surface area contributed by atoms with Gasteiger partial charge in [-0.1, -0.05) is 89.5 Å². The van der Waals surface area contributed by atoms with Crippen molar-refractivity contribution in [1.82, 2.24) is 0 Å². The van der Waals surface area contributed by atoms with Gasteiger partial charge < -0.3 is 0 Å². The lowest BCUT2D eigenvalue weighted by Gasteiger charge is -2.16. The van der Waals surface area contributed by atoms with Crippen LogP contribution in [0.4, 0.5) is 0 Å². The lowest BCUT2D eigenvalue weighted by atomic mass is 9.90. The van der Waals surface area contributed by atoms with Crippen LogP contribution in [0.5, 0.6) is 0 Å². The lowest BCUT2D eigenvalue weighted by Crippen LogP contribution is -2.08. The second-order valence-corrected chi connectivity index (χ2v) is 7.10. The summed E-state index contributed by atoms with van der Waals surface area (Å²) < 4.78 is 0. The molecule has 0 aromatic carbocycles. The Kier molecular flexibility index (Phi) is 24.4. The molecule has 0 nitrogen and oxygen atoms in total. The molecule has 0 amide bonds. The third kappa shape index (κ3) is 19.7. The first-order chi connectivity index (χ1) is 9.66. The molecule has 0 aromatic rings. The van der Waals surface area contributed by atoms with Crippen LogP contribution in [0, 0.1) is 29.1 Å². The summed E-state index contributed by atoms with van der Waals surface area (Å²) in [5.41, 5.74) is 0.500. The molecule has 1 rings (SSSR count). The van der Waals surface area contributed by atoms with Gasteiger partial charge in [-0.05, 0) is 35.5 Å².